The lowest BCUT2D eigenvalue weighted by atomic mass is 9.95. The van der Waals surface area contributed by atoms with E-state index in [0.717, 1.165) is 18.6 Å². The minimum absolute atomic E-state index is 0.378. The molecule has 0 saturated heterocycles. The van der Waals surface area contributed by atoms with Crippen LogP contribution in [0.5, 0.6) is 5.75 Å². The maximum Gasteiger partial charge on any atom is 0.133 e. The molecule has 0 N–H and O–H groups in total. The molecule has 0 aromatic heterocycles. The van der Waals surface area contributed by atoms with E-state index in [2.05, 4.69) is 38.1 Å². The van der Waals surface area contributed by atoms with E-state index in [1.54, 1.807) is 0 Å². The van der Waals surface area contributed by atoms with Gasteiger partial charge in [0.05, 0.1) is 0 Å². The van der Waals surface area contributed by atoms with Crippen molar-refractivity contribution in [3.05, 3.63) is 65.7 Å². The van der Waals surface area contributed by atoms with Gasteiger partial charge in [0.1, 0.15) is 18.1 Å². The largest absolute Gasteiger partial charge is 0.489 e. The molecule has 0 heterocycles. The SMILES string of the molecule is CCCC(=O)CC(C)Cc1ccc(OCc2ccccc2)cc1. The minimum Gasteiger partial charge on any atom is -0.489 e. The van der Waals surface area contributed by atoms with Crippen molar-refractivity contribution in [2.45, 2.75) is 46.1 Å². The number of ether oxygens (including phenoxy) is 1. The van der Waals surface area contributed by atoms with Gasteiger partial charge in [0.25, 0.3) is 0 Å². The van der Waals surface area contributed by atoms with E-state index in [1.165, 1.54) is 11.1 Å². The summed E-state index contributed by atoms with van der Waals surface area (Å²) in [5, 5.41) is 0. The summed E-state index contributed by atoms with van der Waals surface area (Å²) in [5.74, 6) is 1.65. The number of hydrogen-bond donors (Lipinski definition) is 0. The summed E-state index contributed by atoms with van der Waals surface area (Å²) in [4.78, 5) is 11.7. The van der Waals surface area contributed by atoms with Crippen LogP contribution in [0.3, 0.4) is 0 Å². The molecule has 2 aromatic carbocycles. The van der Waals surface area contributed by atoms with E-state index < -0.39 is 0 Å². The summed E-state index contributed by atoms with van der Waals surface area (Å²) >= 11 is 0. The average Bonchev–Trinajstić information content (AvgIpc) is 2.55. The van der Waals surface area contributed by atoms with Gasteiger partial charge < -0.3 is 4.74 Å². The molecule has 0 aliphatic rings. The summed E-state index contributed by atoms with van der Waals surface area (Å²) < 4.78 is 5.79. The molecule has 0 spiro atoms. The lowest BCUT2D eigenvalue weighted by molar-refractivity contribution is -0.119. The van der Waals surface area contributed by atoms with Crippen LogP contribution in [0.4, 0.5) is 0 Å². The standard InChI is InChI=1S/C21H26O2/c1-3-7-20(22)15-17(2)14-18-10-12-21(13-11-18)23-16-19-8-5-4-6-9-19/h4-6,8-13,17H,3,7,14-16H2,1-2H3. The number of carbonyl (C=O) groups excluding carboxylic acids is 1. The first-order chi connectivity index (χ1) is 11.2. The van der Waals surface area contributed by atoms with Crippen molar-refractivity contribution in [2.24, 2.45) is 5.92 Å². The number of Topliss-reactive ketones (excluding diaryl/α,β-unsaturated/α-hetero) is 1. The summed E-state index contributed by atoms with van der Waals surface area (Å²) in [6, 6.07) is 18.4. The Balaban J connectivity index is 1.81. The van der Waals surface area contributed by atoms with Crippen LogP contribution < -0.4 is 4.74 Å². The van der Waals surface area contributed by atoms with Gasteiger partial charge in [-0.25, -0.2) is 0 Å². The molecular formula is C21H26O2. The molecule has 1 unspecified atom stereocenters. The van der Waals surface area contributed by atoms with Gasteiger partial charge in [-0.1, -0.05) is 56.3 Å². The van der Waals surface area contributed by atoms with Crippen LogP contribution >= 0.6 is 0 Å². The topological polar surface area (TPSA) is 26.3 Å². The van der Waals surface area contributed by atoms with Crippen LogP contribution in [0.15, 0.2) is 54.6 Å². The second-order valence-electron chi connectivity index (χ2n) is 6.22. The zero-order chi connectivity index (χ0) is 16.5. The number of rotatable bonds is 9. The molecule has 0 fully saturated rings. The first-order valence-corrected chi connectivity index (χ1v) is 8.44. The number of ketones is 1. The number of carbonyl (C=O) groups is 1. The predicted molar refractivity (Wildman–Crippen MR) is 94.6 cm³/mol. The summed E-state index contributed by atoms with van der Waals surface area (Å²) in [6.45, 7) is 4.78. The number of hydrogen-bond acceptors (Lipinski definition) is 2. The van der Waals surface area contributed by atoms with E-state index in [0.29, 0.717) is 31.1 Å². The van der Waals surface area contributed by atoms with E-state index in [-0.39, 0.29) is 0 Å². The molecule has 2 nitrogen and oxygen atoms in total. The molecule has 2 heteroatoms. The average molecular weight is 310 g/mol. The molecule has 1 atom stereocenters. The van der Waals surface area contributed by atoms with Crippen LogP contribution in [-0.4, -0.2) is 5.78 Å². The zero-order valence-electron chi connectivity index (χ0n) is 14.1. The van der Waals surface area contributed by atoms with Crippen LogP contribution in [-0.2, 0) is 17.8 Å². The predicted octanol–water partition coefficient (Wildman–Crippen LogP) is 5.20. The summed E-state index contributed by atoms with van der Waals surface area (Å²) in [7, 11) is 0. The fourth-order valence-electron chi connectivity index (χ4n) is 2.71. The first kappa shape index (κ1) is 17.3. The molecule has 122 valence electrons. The summed E-state index contributed by atoms with van der Waals surface area (Å²) in [5.41, 5.74) is 2.42. The van der Waals surface area contributed by atoms with Crippen LogP contribution in [0.25, 0.3) is 0 Å². The Labute approximate surface area is 139 Å². The fraction of sp³-hybridized carbons (Fsp3) is 0.381. The molecule has 0 bridgehead atoms. The van der Waals surface area contributed by atoms with Gasteiger partial charge >= 0.3 is 0 Å². The number of benzene rings is 2. The smallest absolute Gasteiger partial charge is 0.133 e. The molecular weight excluding hydrogens is 284 g/mol. The highest BCUT2D eigenvalue weighted by Crippen LogP contribution is 2.18. The minimum atomic E-state index is 0.378. The second kappa shape index (κ2) is 9.14. The van der Waals surface area contributed by atoms with Gasteiger partial charge in [-0.3, -0.25) is 4.79 Å². The van der Waals surface area contributed by atoms with Crippen LogP contribution in [0.2, 0.25) is 0 Å². The van der Waals surface area contributed by atoms with Crippen molar-refractivity contribution < 1.29 is 9.53 Å². The van der Waals surface area contributed by atoms with Crippen molar-refractivity contribution >= 4 is 5.78 Å². The lowest BCUT2D eigenvalue weighted by Gasteiger charge is -2.11. The zero-order valence-corrected chi connectivity index (χ0v) is 14.1. The van der Waals surface area contributed by atoms with Gasteiger partial charge in [0.15, 0.2) is 0 Å². The lowest BCUT2D eigenvalue weighted by Crippen LogP contribution is -2.07. The maximum absolute atomic E-state index is 11.7. The van der Waals surface area contributed by atoms with E-state index >= 15 is 0 Å². The quantitative estimate of drug-likeness (QED) is 0.636. The van der Waals surface area contributed by atoms with Gasteiger partial charge in [-0.2, -0.15) is 0 Å². The third-order valence-corrected chi connectivity index (χ3v) is 3.86. The Morgan fingerprint density at radius 2 is 1.70 bits per heavy atom. The molecule has 0 saturated carbocycles. The first-order valence-electron chi connectivity index (χ1n) is 8.44. The van der Waals surface area contributed by atoms with Crippen molar-refractivity contribution in [1.29, 1.82) is 0 Å². The maximum atomic E-state index is 11.7. The highest BCUT2D eigenvalue weighted by molar-refractivity contribution is 5.78. The Morgan fingerprint density at radius 1 is 1.00 bits per heavy atom. The Morgan fingerprint density at radius 3 is 2.35 bits per heavy atom. The van der Waals surface area contributed by atoms with E-state index in [4.69, 9.17) is 4.74 Å². The highest BCUT2D eigenvalue weighted by atomic mass is 16.5. The molecule has 0 amide bonds. The third-order valence-electron chi connectivity index (χ3n) is 3.86. The van der Waals surface area contributed by atoms with Crippen LogP contribution in [0, 0.1) is 5.92 Å². The van der Waals surface area contributed by atoms with Crippen molar-refractivity contribution in [3.63, 3.8) is 0 Å². The van der Waals surface area contributed by atoms with Gasteiger partial charge in [-0.15, -0.1) is 0 Å². The van der Waals surface area contributed by atoms with Crippen molar-refractivity contribution in [2.75, 3.05) is 0 Å². The normalized spacial score (nSPS) is 11.9. The Kier molecular flexibility index (Phi) is 6.86. The molecule has 23 heavy (non-hydrogen) atoms. The Hall–Kier alpha value is -2.09. The van der Waals surface area contributed by atoms with Gasteiger partial charge in [0, 0.05) is 12.8 Å². The van der Waals surface area contributed by atoms with Crippen molar-refractivity contribution in [3.8, 4) is 5.75 Å². The molecule has 2 aromatic rings. The van der Waals surface area contributed by atoms with Crippen LogP contribution in [0.1, 0.15) is 44.2 Å². The highest BCUT2D eigenvalue weighted by Gasteiger charge is 2.09. The molecule has 0 radical (unpaired) electrons. The van der Waals surface area contributed by atoms with E-state index in [1.807, 2.05) is 30.3 Å². The monoisotopic (exact) mass is 310 g/mol. The third kappa shape index (κ3) is 6.27. The van der Waals surface area contributed by atoms with Crippen molar-refractivity contribution in [1.82, 2.24) is 0 Å². The molecule has 2 rings (SSSR count). The fourth-order valence-corrected chi connectivity index (χ4v) is 2.71. The molecule has 0 aliphatic heterocycles. The summed E-state index contributed by atoms with van der Waals surface area (Å²) in [6.07, 6.45) is 3.27. The Bertz CT molecular complexity index is 587. The molecule has 0 aliphatic carbocycles. The van der Waals surface area contributed by atoms with Gasteiger partial charge in [-0.05, 0) is 42.0 Å². The van der Waals surface area contributed by atoms with Gasteiger partial charge in [0.2, 0.25) is 0 Å². The second-order valence-corrected chi connectivity index (χ2v) is 6.22. The van der Waals surface area contributed by atoms with E-state index in [9.17, 15) is 4.79 Å².